The number of amides is 1. The number of nitrogens with zero attached hydrogens (tertiary/aromatic N) is 1. The zero-order valence-corrected chi connectivity index (χ0v) is 9.53. The average Bonchev–Trinajstić information content (AvgIpc) is 2.29. The number of benzene rings is 1. The molecule has 4 nitrogen and oxygen atoms in total. The smallest absolute Gasteiger partial charge is 0.234 e. The first-order valence-corrected chi connectivity index (χ1v) is 5.65. The molecule has 1 aliphatic heterocycles. The van der Waals surface area contributed by atoms with Crippen LogP contribution in [0.3, 0.4) is 0 Å². The Morgan fingerprint density at radius 3 is 2.76 bits per heavy atom. The number of carbonyl (C=O) groups is 1. The SMILES string of the molecule is NC(CN1CCNC(=O)C1)c1ccc(F)cc1. The van der Waals surface area contributed by atoms with Gasteiger partial charge in [0.05, 0.1) is 6.54 Å². The van der Waals surface area contributed by atoms with E-state index in [4.69, 9.17) is 5.73 Å². The molecule has 1 aromatic carbocycles. The molecule has 92 valence electrons. The van der Waals surface area contributed by atoms with E-state index in [-0.39, 0.29) is 17.8 Å². The number of carbonyl (C=O) groups excluding carboxylic acids is 1. The van der Waals surface area contributed by atoms with Gasteiger partial charge in [0, 0.05) is 25.7 Å². The first-order valence-electron chi connectivity index (χ1n) is 5.65. The Balaban J connectivity index is 1.94. The highest BCUT2D eigenvalue weighted by Gasteiger charge is 2.18. The molecule has 1 atom stereocenters. The number of nitrogens with two attached hydrogens (primary N) is 1. The van der Waals surface area contributed by atoms with Gasteiger partial charge in [-0.1, -0.05) is 12.1 Å². The van der Waals surface area contributed by atoms with E-state index in [0.29, 0.717) is 19.6 Å². The fourth-order valence-corrected chi connectivity index (χ4v) is 1.94. The Hall–Kier alpha value is -1.46. The highest BCUT2D eigenvalue weighted by Crippen LogP contribution is 2.13. The van der Waals surface area contributed by atoms with Crippen LogP contribution in [0.4, 0.5) is 4.39 Å². The van der Waals surface area contributed by atoms with Gasteiger partial charge in [0.1, 0.15) is 5.82 Å². The van der Waals surface area contributed by atoms with Crippen molar-refractivity contribution >= 4 is 5.91 Å². The van der Waals surface area contributed by atoms with E-state index in [0.717, 1.165) is 12.1 Å². The van der Waals surface area contributed by atoms with Gasteiger partial charge in [-0.25, -0.2) is 4.39 Å². The Labute approximate surface area is 99.6 Å². The van der Waals surface area contributed by atoms with Crippen LogP contribution in [0.15, 0.2) is 24.3 Å². The minimum atomic E-state index is -0.265. The lowest BCUT2D eigenvalue weighted by molar-refractivity contribution is -0.124. The van der Waals surface area contributed by atoms with Crippen LogP contribution in [-0.2, 0) is 4.79 Å². The van der Waals surface area contributed by atoms with Crippen LogP contribution in [0.5, 0.6) is 0 Å². The molecular weight excluding hydrogens is 221 g/mol. The summed E-state index contributed by atoms with van der Waals surface area (Å²) in [5.74, 6) is -0.235. The Kier molecular flexibility index (Phi) is 3.71. The van der Waals surface area contributed by atoms with Crippen molar-refractivity contribution in [2.45, 2.75) is 6.04 Å². The predicted octanol–water partition coefficient (Wildman–Crippen LogP) is 0.257. The number of piperazine rings is 1. The molecule has 1 saturated heterocycles. The molecule has 1 aromatic rings. The predicted molar refractivity (Wildman–Crippen MR) is 62.8 cm³/mol. The molecular formula is C12H16FN3O. The molecule has 1 heterocycles. The summed E-state index contributed by atoms with van der Waals surface area (Å²) < 4.78 is 12.8. The Morgan fingerprint density at radius 2 is 2.12 bits per heavy atom. The van der Waals surface area contributed by atoms with Crippen LogP contribution >= 0.6 is 0 Å². The van der Waals surface area contributed by atoms with Gasteiger partial charge in [-0.3, -0.25) is 9.69 Å². The van der Waals surface area contributed by atoms with Crippen molar-refractivity contribution in [2.75, 3.05) is 26.2 Å². The third-order valence-electron chi connectivity index (χ3n) is 2.87. The maximum atomic E-state index is 12.8. The number of rotatable bonds is 3. The molecule has 1 amide bonds. The van der Waals surface area contributed by atoms with Crippen LogP contribution in [-0.4, -0.2) is 37.0 Å². The summed E-state index contributed by atoms with van der Waals surface area (Å²) in [6, 6.07) is 5.98. The molecule has 2 rings (SSSR count). The fourth-order valence-electron chi connectivity index (χ4n) is 1.94. The van der Waals surface area contributed by atoms with Gasteiger partial charge in [0.25, 0.3) is 0 Å². The zero-order valence-electron chi connectivity index (χ0n) is 9.53. The van der Waals surface area contributed by atoms with Crippen molar-refractivity contribution in [1.82, 2.24) is 10.2 Å². The van der Waals surface area contributed by atoms with Gasteiger partial charge in [0.2, 0.25) is 5.91 Å². The normalized spacial score (nSPS) is 18.8. The molecule has 0 spiro atoms. The molecule has 0 aliphatic carbocycles. The van der Waals surface area contributed by atoms with E-state index in [2.05, 4.69) is 5.32 Å². The third-order valence-corrected chi connectivity index (χ3v) is 2.87. The summed E-state index contributed by atoms with van der Waals surface area (Å²) in [4.78, 5) is 13.2. The average molecular weight is 237 g/mol. The lowest BCUT2D eigenvalue weighted by Gasteiger charge is -2.28. The standard InChI is InChI=1S/C12H16FN3O/c13-10-3-1-9(2-4-10)11(14)7-16-6-5-15-12(17)8-16/h1-4,11H,5-8,14H2,(H,15,17). The van der Waals surface area contributed by atoms with Gasteiger partial charge in [-0.05, 0) is 17.7 Å². The largest absolute Gasteiger partial charge is 0.354 e. The summed E-state index contributed by atoms with van der Waals surface area (Å²) in [7, 11) is 0. The number of hydrogen-bond donors (Lipinski definition) is 2. The second-order valence-corrected chi connectivity index (χ2v) is 4.24. The molecule has 0 saturated carbocycles. The summed E-state index contributed by atoms with van der Waals surface area (Å²) in [6.07, 6.45) is 0. The molecule has 1 unspecified atom stereocenters. The molecule has 1 fully saturated rings. The lowest BCUT2D eigenvalue weighted by Crippen LogP contribution is -2.49. The molecule has 0 aromatic heterocycles. The maximum absolute atomic E-state index is 12.8. The van der Waals surface area contributed by atoms with Gasteiger partial charge in [0.15, 0.2) is 0 Å². The number of halogens is 1. The molecule has 3 N–H and O–H groups in total. The summed E-state index contributed by atoms with van der Waals surface area (Å²) >= 11 is 0. The van der Waals surface area contributed by atoms with E-state index < -0.39 is 0 Å². The van der Waals surface area contributed by atoms with Crippen molar-refractivity contribution < 1.29 is 9.18 Å². The highest BCUT2D eigenvalue weighted by molar-refractivity contribution is 5.78. The van der Waals surface area contributed by atoms with Crippen molar-refractivity contribution in [1.29, 1.82) is 0 Å². The second kappa shape index (κ2) is 5.25. The topological polar surface area (TPSA) is 58.4 Å². The first-order chi connectivity index (χ1) is 8.15. The molecule has 17 heavy (non-hydrogen) atoms. The highest BCUT2D eigenvalue weighted by atomic mass is 19.1. The van der Waals surface area contributed by atoms with E-state index in [1.807, 2.05) is 4.90 Å². The fraction of sp³-hybridized carbons (Fsp3) is 0.417. The quantitative estimate of drug-likeness (QED) is 0.792. The second-order valence-electron chi connectivity index (χ2n) is 4.24. The van der Waals surface area contributed by atoms with Crippen molar-refractivity contribution in [3.05, 3.63) is 35.6 Å². The Bertz CT molecular complexity index is 393. The third kappa shape index (κ3) is 3.25. The molecule has 0 radical (unpaired) electrons. The molecule has 1 aliphatic rings. The van der Waals surface area contributed by atoms with Crippen molar-refractivity contribution in [3.8, 4) is 0 Å². The summed E-state index contributed by atoms with van der Waals surface area (Å²) in [5.41, 5.74) is 6.91. The zero-order chi connectivity index (χ0) is 12.3. The summed E-state index contributed by atoms with van der Waals surface area (Å²) in [6.45, 7) is 2.46. The van der Waals surface area contributed by atoms with E-state index >= 15 is 0 Å². The van der Waals surface area contributed by atoms with E-state index in [9.17, 15) is 9.18 Å². The number of hydrogen-bond acceptors (Lipinski definition) is 3. The van der Waals surface area contributed by atoms with Crippen LogP contribution < -0.4 is 11.1 Å². The van der Waals surface area contributed by atoms with Crippen LogP contribution in [0.2, 0.25) is 0 Å². The number of nitrogens with one attached hydrogen (secondary N) is 1. The van der Waals surface area contributed by atoms with Gasteiger partial charge >= 0.3 is 0 Å². The van der Waals surface area contributed by atoms with Crippen LogP contribution in [0.25, 0.3) is 0 Å². The van der Waals surface area contributed by atoms with Gasteiger partial charge in [-0.2, -0.15) is 0 Å². The van der Waals surface area contributed by atoms with E-state index in [1.54, 1.807) is 12.1 Å². The summed E-state index contributed by atoms with van der Waals surface area (Å²) in [5, 5.41) is 2.76. The van der Waals surface area contributed by atoms with Crippen molar-refractivity contribution in [3.63, 3.8) is 0 Å². The van der Waals surface area contributed by atoms with E-state index in [1.165, 1.54) is 12.1 Å². The molecule has 5 heteroatoms. The maximum Gasteiger partial charge on any atom is 0.234 e. The van der Waals surface area contributed by atoms with Crippen LogP contribution in [0, 0.1) is 5.82 Å². The van der Waals surface area contributed by atoms with Gasteiger partial charge < -0.3 is 11.1 Å². The minimum absolute atomic E-state index is 0.0301. The molecule has 0 bridgehead atoms. The van der Waals surface area contributed by atoms with Crippen molar-refractivity contribution in [2.24, 2.45) is 5.73 Å². The monoisotopic (exact) mass is 237 g/mol. The Morgan fingerprint density at radius 1 is 1.41 bits per heavy atom. The minimum Gasteiger partial charge on any atom is -0.354 e. The van der Waals surface area contributed by atoms with Crippen LogP contribution in [0.1, 0.15) is 11.6 Å². The first kappa shape index (κ1) is 12.0. The lowest BCUT2D eigenvalue weighted by atomic mass is 10.1. The van der Waals surface area contributed by atoms with Gasteiger partial charge in [-0.15, -0.1) is 0 Å².